The van der Waals surface area contributed by atoms with Crippen LogP contribution in [0.15, 0.2) is 33.9 Å². The number of ether oxygens (including phenoxy) is 1. The Kier molecular flexibility index (Phi) is 3.91. The van der Waals surface area contributed by atoms with Gasteiger partial charge in [0.2, 0.25) is 0 Å². The molecule has 1 aromatic rings. The zero-order chi connectivity index (χ0) is 17.7. The number of hydrazone groups is 1. The van der Waals surface area contributed by atoms with Gasteiger partial charge in [0, 0.05) is 0 Å². The van der Waals surface area contributed by atoms with E-state index in [0.717, 1.165) is 17.9 Å². The molecule has 7 heteroatoms. The lowest BCUT2D eigenvalue weighted by Gasteiger charge is -2.37. The van der Waals surface area contributed by atoms with Crippen molar-refractivity contribution in [3.05, 3.63) is 34.3 Å². The highest BCUT2D eigenvalue weighted by Gasteiger charge is 2.56. The Morgan fingerprint density at radius 1 is 1.20 bits per heavy atom. The van der Waals surface area contributed by atoms with Gasteiger partial charge in [-0.3, -0.25) is 9.59 Å². The van der Waals surface area contributed by atoms with E-state index in [-0.39, 0.29) is 47.0 Å². The third kappa shape index (κ3) is 2.49. The maximum Gasteiger partial charge on any atom is 0.254 e. The van der Waals surface area contributed by atoms with Gasteiger partial charge in [-0.25, -0.2) is 0 Å². The van der Waals surface area contributed by atoms with E-state index in [9.17, 15) is 14.7 Å². The summed E-state index contributed by atoms with van der Waals surface area (Å²) in [5.41, 5.74) is 0.609. The topological polar surface area (TPSA) is 79.2 Å². The van der Waals surface area contributed by atoms with Crippen LogP contribution in [0.1, 0.15) is 18.4 Å². The molecule has 3 aliphatic carbocycles. The van der Waals surface area contributed by atoms with Crippen LogP contribution < -0.4 is 4.74 Å². The second-order valence-electron chi connectivity index (χ2n) is 6.63. The lowest BCUT2D eigenvalue weighted by Crippen LogP contribution is -2.38. The van der Waals surface area contributed by atoms with Gasteiger partial charge in [-0.05, 0) is 58.3 Å². The van der Waals surface area contributed by atoms with Gasteiger partial charge in [-0.2, -0.15) is 10.1 Å². The van der Waals surface area contributed by atoms with Crippen molar-refractivity contribution in [2.75, 3.05) is 7.11 Å². The lowest BCUT2D eigenvalue weighted by atomic mass is 9.63. The summed E-state index contributed by atoms with van der Waals surface area (Å²) in [6, 6.07) is 3.23. The molecule has 4 atom stereocenters. The van der Waals surface area contributed by atoms with Gasteiger partial charge in [0.1, 0.15) is 0 Å². The molecule has 4 aliphatic rings. The first kappa shape index (κ1) is 16.3. The van der Waals surface area contributed by atoms with E-state index in [1.54, 1.807) is 12.1 Å². The molecule has 0 aromatic heterocycles. The van der Waals surface area contributed by atoms with Crippen LogP contribution in [0.3, 0.4) is 0 Å². The highest BCUT2D eigenvalue weighted by atomic mass is 79.9. The van der Waals surface area contributed by atoms with E-state index in [0.29, 0.717) is 10.0 Å². The van der Waals surface area contributed by atoms with Crippen molar-refractivity contribution in [3.8, 4) is 11.5 Å². The molecule has 1 N–H and O–H groups in total. The molecular weight excluding hydrogens is 388 g/mol. The van der Waals surface area contributed by atoms with Crippen molar-refractivity contribution in [3.63, 3.8) is 0 Å². The van der Waals surface area contributed by atoms with E-state index in [2.05, 4.69) is 33.2 Å². The SMILES string of the molecule is COc1cc(C=NN2C(=O)[C@@H]3[C@H](C2=O)[C@H]2C=C[C@H]3CC2)cc(Br)c1O. The van der Waals surface area contributed by atoms with Gasteiger partial charge in [0.15, 0.2) is 11.5 Å². The van der Waals surface area contributed by atoms with Crippen LogP contribution in [-0.4, -0.2) is 35.3 Å². The number of aromatic hydroxyl groups is 1. The minimum atomic E-state index is -0.269. The van der Waals surface area contributed by atoms with E-state index < -0.39 is 0 Å². The molecule has 2 bridgehead atoms. The molecule has 0 unspecified atom stereocenters. The van der Waals surface area contributed by atoms with E-state index in [4.69, 9.17) is 4.74 Å². The first-order valence-electron chi connectivity index (χ1n) is 8.18. The van der Waals surface area contributed by atoms with Gasteiger partial charge in [-0.1, -0.05) is 12.2 Å². The number of rotatable bonds is 3. The number of methoxy groups -OCH3 is 1. The third-order valence-corrected chi connectivity index (χ3v) is 5.93. The highest BCUT2D eigenvalue weighted by molar-refractivity contribution is 9.10. The quantitative estimate of drug-likeness (QED) is 0.477. The average Bonchev–Trinajstić information content (AvgIpc) is 2.90. The van der Waals surface area contributed by atoms with Crippen LogP contribution in [0.5, 0.6) is 11.5 Å². The number of benzene rings is 1. The molecule has 1 aliphatic heterocycles. The fourth-order valence-electron chi connectivity index (χ4n) is 4.12. The predicted molar refractivity (Wildman–Crippen MR) is 94.1 cm³/mol. The normalized spacial score (nSPS) is 30.4. The van der Waals surface area contributed by atoms with Gasteiger partial charge in [-0.15, -0.1) is 0 Å². The first-order chi connectivity index (χ1) is 12.0. The summed E-state index contributed by atoms with van der Waals surface area (Å²) in [7, 11) is 1.45. The molecular formula is C18H17BrN2O4. The predicted octanol–water partition coefficient (Wildman–Crippen LogP) is 2.69. The zero-order valence-corrected chi connectivity index (χ0v) is 15.1. The summed E-state index contributed by atoms with van der Waals surface area (Å²) in [5, 5.41) is 15.0. The molecule has 1 aromatic carbocycles. The maximum atomic E-state index is 12.7. The minimum absolute atomic E-state index is 0.0124. The Bertz CT molecular complexity index is 788. The van der Waals surface area contributed by atoms with Crippen LogP contribution in [0.4, 0.5) is 0 Å². The number of carbonyl (C=O) groups excluding carboxylic acids is 2. The van der Waals surface area contributed by atoms with Crippen molar-refractivity contribution in [1.82, 2.24) is 5.01 Å². The average molecular weight is 405 g/mol. The van der Waals surface area contributed by atoms with Gasteiger partial charge >= 0.3 is 0 Å². The standard InChI is InChI=1S/C18H17BrN2O4/c1-25-13-7-9(6-12(19)16(13)22)8-20-21-17(23)14-10-2-3-11(5-4-10)15(14)18(21)24/h2-3,6-8,10-11,14-15,22H,4-5H2,1H3/t10-,11-,14-,15+/m0/s1. The number of fused-ring (bicyclic) bond motifs is 1. The number of halogens is 1. The van der Waals surface area contributed by atoms with Crippen molar-refractivity contribution in [1.29, 1.82) is 0 Å². The minimum Gasteiger partial charge on any atom is -0.503 e. The summed E-state index contributed by atoms with van der Waals surface area (Å²) in [6.07, 6.45) is 7.52. The Hall–Kier alpha value is -2.15. The molecule has 1 heterocycles. The molecule has 0 radical (unpaired) electrons. The smallest absolute Gasteiger partial charge is 0.254 e. The first-order valence-corrected chi connectivity index (χ1v) is 8.97. The van der Waals surface area contributed by atoms with Crippen molar-refractivity contribution in [2.45, 2.75) is 12.8 Å². The molecule has 2 amide bonds. The van der Waals surface area contributed by atoms with Crippen molar-refractivity contribution >= 4 is 34.0 Å². The van der Waals surface area contributed by atoms with Gasteiger partial charge in [0.05, 0.1) is 29.6 Å². The number of hydrogen-bond acceptors (Lipinski definition) is 5. The summed E-state index contributed by atoms with van der Waals surface area (Å²) in [5.74, 6) is -0.397. The fraction of sp³-hybridized carbons (Fsp3) is 0.389. The van der Waals surface area contributed by atoms with Crippen LogP contribution >= 0.6 is 15.9 Å². The molecule has 5 rings (SSSR count). The Labute approximate surface area is 153 Å². The number of nitrogens with zero attached hydrogens (tertiary/aromatic N) is 2. The highest BCUT2D eigenvalue weighted by Crippen LogP contribution is 2.49. The molecule has 2 fully saturated rings. The van der Waals surface area contributed by atoms with Crippen LogP contribution in [-0.2, 0) is 9.59 Å². The Balaban J connectivity index is 1.62. The molecule has 6 nitrogen and oxygen atoms in total. The second kappa shape index (κ2) is 5.98. The van der Waals surface area contributed by atoms with Crippen molar-refractivity contribution in [2.24, 2.45) is 28.8 Å². The summed E-state index contributed by atoms with van der Waals surface area (Å²) < 4.78 is 5.54. The third-order valence-electron chi connectivity index (χ3n) is 5.33. The van der Waals surface area contributed by atoms with E-state index in [1.165, 1.54) is 13.3 Å². The second-order valence-corrected chi connectivity index (χ2v) is 7.48. The molecule has 25 heavy (non-hydrogen) atoms. The lowest BCUT2D eigenvalue weighted by molar-refractivity contribution is -0.140. The molecule has 130 valence electrons. The number of imide groups is 1. The Morgan fingerprint density at radius 2 is 1.80 bits per heavy atom. The largest absolute Gasteiger partial charge is 0.503 e. The molecule has 1 saturated carbocycles. The van der Waals surface area contributed by atoms with Crippen LogP contribution in [0.2, 0.25) is 0 Å². The summed E-state index contributed by atoms with van der Waals surface area (Å²) in [6.45, 7) is 0. The Morgan fingerprint density at radius 3 is 2.32 bits per heavy atom. The van der Waals surface area contributed by atoms with Crippen molar-refractivity contribution < 1.29 is 19.4 Å². The number of hydrogen-bond donors (Lipinski definition) is 1. The number of carbonyl (C=O) groups is 2. The van der Waals surface area contributed by atoms with Gasteiger partial charge in [0.25, 0.3) is 11.8 Å². The summed E-state index contributed by atoms with van der Waals surface area (Å²) in [4.78, 5) is 25.4. The van der Waals surface area contributed by atoms with E-state index in [1.807, 2.05) is 0 Å². The molecule has 1 saturated heterocycles. The van der Waals surface area contributed by atoms with E-state index >= 15 is 0 Å². The monoisotopic (exact) mass is 404 g/mol. The fourth-order valence-corrected chi connectivity index (χ4v) is 4.58. The molecule has 0 spiro atoms. The zero-order valence-electron chi connectivity index (χ0n) is 13.6. The number of allylic oxidation sites excluding steroid dienone is 2. The van der Waals surface area contributed by atoms with Gasteiger partial charge < -0.3 is 9.84 Å². The number of amides is 2. The van der Waals surface area contributed by atoms with Crippen LogP contribution in [0, 0.1) is 23.7 Å². The summed E-state index contributed by atoms with van der Waals surface area (Å²) >= 11 is 3.24. The number of phenolic OH excluding ortho intramolecular Hbond substituents is 1. The van der Waals surface area contributed by atoms with Crippen LogP contribution in [0.25, 0.3) is 0 Å². The number of phenols is 1. The maximum absolute atomic E-state index is 12.7.